The van der Waals surface area contributed by atoms with Crippen molar-refractivity contribution >= 4 is 5.69 Å². The van der Waals surface area contributed by atoms with Crippen molar-refractivity contribution in [1.29, 1.82) is 0 Å². The van der Waals surface area contributed by atoms with Crippen molar-refractivity contribution in [3.8, 4) is 5.75 Å². The Morgan fingerprint density at radius 1 is 1.11 bits per heavy atom. The third-order valence-corrected chi connectivity index (χ3v) is 3.41. The van der Waals surface area contributed by atoms with Crippen LogP contribution >= 0.6 is 0 Å². The highest BCUT2D eigenvalue weighted by Crippen LogP contribution is 2.38. The van der Waals surface area contributed by atoms with Crippen LogP contribution in [-0.4, -0.2) is 17.3 Å². The molecule has 0 aliphatic heterocycles. The SMILES string of the molecule is Oc1cccc(NC2CCC(C(F)(F)F)CC2)c1. The van der Waals surface area contributed by atoms with E-state index in [-0.39, 0.29) is 24.6 Å². The largest absolute Gasteiger partial charge is 0.508 e. The van der Waals surface area contributed by atoms with Gasteiger partial charge in [-0.05, 0) is 37.8 Å². The summed E-state index contributed by atoms with van der Waals surface area (Å²) in [5.41, 5.74) is 0.755. The van der Waals surface area contributed by atoms with Crippen molar-refractivity contribution in [1.82, 2.24) is 0 Å². The molecule has 2 nitrogen and oxygen atoms in total. The van der Waals surface area contributed by atoms with Gasteiger partial charge in [0.25, 0.3) is 0 Å². The van der Waals surface area contributed by atoms with E-state index in [2.05, 4.69) is 5.32 Å². The van der Waals surface area contributed by atoms with Gasteiger partial charge in [0.15, 0.2) is 0 Å². The summed E-state index contributed by atoms with van der Waals surface area (Å²) in [5, 5.41) is 12.5. The molecule has 1 saturated carbocycles. The minimum absolute atomic E-state index is 0.0606. The van der Waals surface area contributed by atoms with Crippen LogP contribution in [0, 0.1) is 5.92 Å². The van der Waals surface area contributed by atoms with Crippen LogP contribution < -0.4 is 5.32 Å². The Balaban J connectivity index is 1.87. The Bertz CT molecular complexity index is 397. The molecule has 100 valence electrons. The van der Waals surface area contributed by atoms with Gasteiger partial charge in [0.1, 0.15) is 5.75 Å². The van der Waals surface area contributed by atoms with Gasteiger partial charge in [-0.3, -0.25) is 0 Å². The first-order valence-corrected chi connectivity index (χ1v) is 6.07. The van der Waals surface area contributed by atoms with Crippen LogP contribution in [0.5, 0.6) is 5.75 Å². The highest BCUT2D eigenvalue weighted by atomic mass is 19.4. The molecule has 1 aromatic carbocycles. The second kappa shape index (κ2) is 5.08. The minimum atomic E-state index is -4.06. The number of phenolic OH excluding ortho intramolecular Hbond substituents is 1. The van der Waals surface area contributed by atoms with Crippen LogP contribution in [0.4, 0.5) is 18.9 Å². The summed E-state index contributed by atoms with van der Waals surface area (Å²) in [6, 6.07) is 6.71. The summed E-state index contributed by atoms with van der Waals surface area (Å²) >= 11 is 0. The Kier molecular flexibility index (Phi) is 3.68. The predicted octanol–water partition coefficient (Wildman–Crippen LogP) is 3.93. The second-order valence-electron chi connectivity index (χ2n) is 4.78. The summed E-state index contributed by atoms with van der Waals surface area (Å²) in [7, 11) is 0. The van der Waals surface area contributed by atoms with Crippen LogP contribution in [0.2, 0.25) is 0 Å². The maximum absolute atomic E-state index is 12.5. The Morgan fingerprint density at radius 3 is 2.33 bits per heavy atom. The van der Waals surface area contributed by atoms with E-state index in [0.717, 1.165) is 5.69 Å². The van der Waals surface area contributed by atoms with Crippen molar-refractivity contribution in [2.24, 2.45) is 5.92 Å². The first kappa shape index (κ1) is 13.1. The van der Waals surface area contributed by atoms with Crippen molar-refractivity contribution in [3.05, 3.63) is 24.3 Å². The van der Waals surface area contributed by atoms with E-state index < -0.39 is 12.1 Å². The van der Waals surface area contributed by atoms with E-state index in [1.807, 2.05) is 0 Å². The topological polar surface area (TPSA) is 32.3 Å². The van der Waals surface area contributed by atoms with Gasteiger partial charge in [-0.1, -0.05) is 6.07 Å². The van der Waals surface area contributed by atoms with E-state index in [0.29, 0.717) is 12.8 Å². The van der Waals surface area contributed by atoms with Crippen molar-refractivity contribution in [2.75, 3.05) is 5.32 Å². The lowest BCUT2D eigenvalue weighted by Gasteiger charge is -2.30. The number of phenols is 1. The number of rotatable bonds is 2. The molecule has 0 unspecified atom stereocenters. The molecule has 0 spiro atoms. The standard InChI is InChI=1S/C13H16F3NO/c14-13(15,16)9-4-6-10(7-5-9)17-11-2-1-3-12(18)8-11/h1-3,8-10,17-18H,4-7H2. The van der Waals surface area contributed by atoms with E-state index in [9.17, 15) is 18.3 Å². The molecule has 0 bridgehead atoms. The molecule has 5 heteroatoms. The monoisotopic (exact) mass is 259 g/mol. The molecule has 18 heavy (non-hydrogen) atoms. The molecule has 1 aliphatic rings. The van der Waals surface area contributed by atoms with Gasteiger partial charge in [-0.25, -0.2) is 0 Å². The van der Waals surface area contributed by atoms with Crippen molar-refractivity contribution in [3.63, 3.8) is 0 Å². The summed E-state index contributed by atoms with van der Waals surface area (Å²) in [6.07, 6.45) is -2.67. The normalized spacial score (nSPS) is 24.8. The lowest BCUT2D eigenvalue weighted by molar-refractivity contribution is -0.182. The van der Waals surface area contributed by atoms with E-state index in [1.54, 1.807) is 24.3 Å². The number of alkyl halides is 3. The number of benzene rings is 1. The fourth-order valence-electron chi connectivity index (χ4n) is 2.40. The van der Waals surface area contributed by atoms with Crippen LogP contribution in [0.25, 0.3) is 0 Å². The summed E-state index contributed by atoms with van der Waals surface area (Å²) < 4.78 is 37.5. The van der Waals surface area contributed by atoms with Crippen LogP contribution in [0.15, 0.2) is 24.3 Å². The van der Waals surface area contributed by atoms with Gasteiger partial charge in [-0.15, -0.1) is 0 Å². The van der Waals surface area contributed by atoms with Crippen LogP contribution in [0.1, 0.15) is 25.7 Å². The fraction of sp³-hybridized carbons (Fsp3) is 0.538. The molecule has 0 heterocycles. The average Bonchev–Trinajstić information content (AvgIpc) is 2.28. The summed E-state index contributed by atoms with van der Waals surface area (Å²) in [4.78, 5) is 0. The van der Waals surface area contributed by atoms with Crippen molar-refractivity contribution in [2.45, 2.75) is 37.9 Å². The maximum Gasteiger partial charge on any atom is 0.391 e. The molecular weight excluding hydrogens is 243 g/mol. The molecule has 0 radical (unpaired) electrons. The van der Waals surface area contributed by atoms with E-state index in [1.165, 1.54) is 0 Å². The smallest absolute Gasteiger partial charge is 0.391 e. The second-order valence-corrected chi connectivity index (χ2v) is 4.78. The zero-order chi connectivity index (χ0) is 13.2. The third kappa shape index (κ3) is 3.31. The zero-order valence-electron chi connectivity index (χ0n) is 9.87. The molecular formula is C13H16F3NO. The number of hydrogen-bond donors (Lipinski definition) is 2. The Morgan fingerprint density at radius 2 is 1.78 bits per heavy atom. The van der Waals surface area contributed by atoms with Crippen LogP contribution in [-0.2, 0) is 0 Å². The lowest BCUT2D eigenvalue weighted by atomic mass is 9.85. The van der Waals surface area contributed by atoms with E-state index >= 15 is 0 Å². The molecule has 1 aromatic rings. The number of anilines is 1. The predicted molar refractivity (Wildman–Crippen MR) is 63.5 cm³/mol. The van der Waals surface area contributed by atoms with Gasteiger partial charge in [0.2, 0.25) is 0 Å². The highest BCUT2D eigenvalue weighted by Gasteiger charge is 2.41. The molecule has 0 atom stereocenters. The highest BCUT2D eigenvalue weighted by molar-refractivity contribution is 5.48. The van der Waals surface area contributed by atoms with Crippen LogP contribution in [0.3, 0.4) is 0 Å². The molecule has 1 fully saturated rings. The van der Waals surface area contributed by atoms with Gasteiger partial charge in [-0.2, -0.15) is 13.2 Å². The number of halogens is 3. The lowest BCUT2D eigenvalue weighted by Crippen LogP contribution is -2.32. The third-order valence-electron chi connectivity index (χ3n) is 3.41. The summed E-state index contributed by atoms with van der Waals surface area (Å²) in [6.45, 7) is 0. The van der Waals surface area contributed by atoms with Gasteiger partial charge in [0.05, 0.1) is 5.92 Å². The Labute approximate surface area is 104 Å². The van der Waals surface area contributed by atoms with E-state index in [4.69, 9.17) is 0 Å². The van der Waals surface area contributed by atoms with Gasteiger partial charge in [0, 0.05) is 17.8 Å². The first-order valence-electron chi connectivity index (χ1n) is 6.07. The molecule has 2 N–H and O–H groups in total. The molecule has 0 amide bonds. The average molecular weight is 259 g/mol. The molecule has 1 aliphatic carbocycles. The quantitative estimate of drug-likeness (QED) is 0.843. The minimum Gasteiger partial charge on any atom is -0.508 e. The van der Waals surface area contributed by atoms with Gasteiger partial charge >= 0.3 is 6.18 Å². The number of hydrogen-bond acceptors (Lipinski definition) is 2. The number of nitrogens with one attached hydrogen (secondary N) is 1. The molecule has 2 rings (SSSR count). The summed E-state index contributed by atoms with van der Waals surface area (Å²) in [5.74, 6) is -0.997. The maximum atomic E-state index is 12.5. The fourth-order valence-corrected chi connectivity index (χ4v) is 2.40. The Hall–Kier alpha value is -1.39. The first-order chi connectivity index (χ1) is 8.45. The molecule has 0 aromatic heterocycles. The zero-order valence-corrected chi connectivity index (χ0v) is 9.87. The van der Waals surface area contributed by atoms with Gasteiger partial charge < -0.3 is 10.4 Å². The molecule has 0 saturated heterocycles. The van der Waals surface area contributed by atoms with Crippen molar-refractivity contribution < 1.29 is 18.3 Å². The number of aromatic hydroxyl groups is 1.